The van der Waals surface area contributed by atoms with Crippen LogP contribution >= 0.6 is 0 Å². The fourth-order valence-corrected chi connectivity index (χ4v) is 3.52. The van der Waals surface area contributed by atoms with Crippen molar-refractivity contribution in [3.8, 4) is 5.75 Å². The number of halogens is 3. The molecule has 164 valence electrons. The lowest BCUT2D eigenvalue weighted by Gasteiger charge is -2.19. The number of nitrogens with zero attached hydrogens (tertiary/aromatic N) is 3. The summed E-state index contributed by atoms with van der Waals surface area (Å²) in [6.45, 7) is 3.59. The Morgan fingerprint density at radius 2 is 2.03 bits per heavy atom. The van der Waals surface area contributed by atoms with Gasteiger partial charge in [0.2, 0.25) is 0 Å². The predicted octanol–water partition coefficient (Wildman–Crippen LogP) is 4.29. The molecule has 0 aromatic carbocycles. The van der Waals surface area contributed by atoms with E-state index in [9.17, 15) is 18.0 Å². The maximum absolute atomic E-state index is 12.9. The van der Waals surface area contributed by atoms with E-state index in [-0.39, 0.29) is 11.6 Å². The average molecular weight is 434 g/mol. The van der Waals surface area contributed by atoms with E-state index in [4.69, 9.17) is 14.5 Å². The van der Waals surface area contributed by atoms with Gasteiger partial charge in [-0.15, -0.1) is 0 Å². The summed E-state index contributed by atoms with van der Waals surface area (Å²) < 4.78 is 51.5. The van der Waals surface area contributed by atoms with Gasteiger partial charge in [-0.05, 0) is 31.9 Å². The molecule has 4 rings (SSSR count). The summed E-state index contributed by atoms with van der Waals surface area (Å²) in [5.41, 5.74) is 0.421. The highest BCUT2D eigenvalue weighted by atomic mass is 19.4. The predicted molar refractivity (Wildman–Crippen MR) is 106 cm³/mol. The van der Waals surface area contributed by atoms with Crippen LogP contribution in [0.5, 0.6) is 5.75 Å². The summed E-state index contributed by atoms with van der Waals surface area (Å²) >= 11 is 0. The van der Waals surface area contributed by atoms with E-state index in [1.165, 1.54) is 6.07 Å². The van der Waals surface area contributed by atoms with Crippen molar-refractivity contribution in [2.75, 3.05) is 25.1 Å². The number of imidazole rings is 1. The van der Waals surface area contributed by atoms with Crippen LogP contribution in [0.1, 0.15) is 47.6 Å². The maximum Gasteiger partial charge on any atom is 0.433 e. The number of fused-ring (bicyclic) bond motifs is 1. The molecule has 1 aliphatic rings. The van der Waals surface area contributed by atoms with Gasteiger partial charge in [-0.1, -0.05) is 6.07 Å². The average Bonchev–Trinajstić information content (AvgIpc) is 3.18. The van der Waals surface area contributed by atoms with Gasteiger partial charge in [-0.2, -0.15) is 13.2 Å². The van der Waals surface area contributed by atoms with E-state index in [0.717, 1.165) is 30.7 Å². The van der Waals surface area contributed by atoms with Crippen molar-refractivity contribution in [1.29, 1.82) is 0 Å². The number of amides is 1. The first-order chi connectivity index (χ1) is 14.8. The van der Waals surface area contributed by atoms with Crippen LogP contribution in [0.15, 0.2) is 36.7 Å². The molecule has 1 aliphatic heterocycles. The van der Waals surface area contributed by atoms with Crippen LogP contribution in [0.4, 0.5) is 18.9 Å². The third-order valence-corrected chi connectivity index (χ3v) is 5.01. The van der Waals surface area contributed by atoms with Crippen LogP contribution in [0.25, 0.3) is 5.65 Å². The van der Waals surface area contributed by atoms with E-state index >= 15 is 0 Å². The van der Waals surface area contributed by atoms with Crippen LogP contribution in [0, 0.1) is 0 Å². The van der Waals surface area contributed by atoms with Gasteiger partial charge in [0.15, 0.2) is 11.4 Å². The monoisotopic (exact) mass is 434 g/mol. The van der Waals surface area contributed by atoms with E-state index in [2.05, 4.69) is 10.3 Å². The Kier molecular flexibility index (Phi) is 5.81. The summed E-state index contributed by atoms with van der Waals surface area (Å²) in [5.74, 6) is -0.0104. The Morgan fingerprint density at radius 3 is 2.74 bits per heavy atom. The molecule has 31 heavy (non-hydrogen) atoms. The number of anilines is 1. The van der Waals surface area contributed by atoms with Crippen LogP contribution < -0.4 is 10.1 Å². The minimum Gasteiger partial charge on any atom is -0.490 e. The lowest BCUT2D eigenvalue weighted by atomic mass is 9.97. The number of ether oxygens (including phenoxy) is 2. The largest absolute Gasteiger partial charge is 0.490 e. The minimum absolute atomic E-state index is 0.274. The molecule has 0 saturated carbocycles. The van der Waals surface area contributed by atoms with Crippen molar-refractivity contribution >= 4 is 17.2 Å². The molecule has 1 fully saturated rings. The SMILES string of the molecule is CCOc1cc(NC(=O)c2cccc(C(F)(F)F)n2)cn2cc(C3CCOCC3)nc12. The van der Waals surface area contributed by atoms with Gasteiger partial charge in [0, 0.05) is 37.6 Å². The summed E-state index contributed by atoms with van der Waals surface area (Å²) in [7, 11) is 0. The molecule has 0 atom stereocenters. The Morgan fingerprint density at radius 1 is 1.26 bits per heavy atom. The molecule has 7 nitrogen and oxygen atoms in total. The lowest BCUT2D eigenvalue weighted by molar-refractivity contribution is -0.141. The third kappa shape index (κ3) is 4.63. The van der Waals surface area contributed by atoms with Gasteiger partial charge >= 0.3 is 6.18 Å². The first-order valence-electron chi connectivity index (χ1n) is 9.94. The minimum atomic E-state index is -4.63. The number of carbonyl (C=O) groups excluding carboxylic acids is 1. The van der Waals surface area contributed by atoms with Gasteiger partial charge < -0.3 is 19.2 Å². The number of aromatic nitrogens is 3. The van der Waals surface area contributed by atoms with Crippen LogP contribution in [0.3, 0.4) is 0 Å². The van der Waals surface area contributed by atoms with Crippen LogP contribution in [-0.2, 0) is 10.9 Å². The normalized spacial score (nSPS) is 15.2. The van der Waals surface area contributed by atoms with Crippen molar-refractivity contribution in [3.63, 3.8) is 0 Å². The second kappa shape index (κ2) is 8.54. The van der Waals surface area contributed by atoms with E-state index in [0.29, 0.717) is 36.9 Å². The molecule has 1 saturated heterocycles. The van der Waals surface area contributed by atoms with E-state index in [1.807, 2.05) is 13.1 Å². The molecule has 10 heteroatoms. The van der Waals surface area contributed by atoms with Gasteiger partial charge in [0.1, 0.15) is 11.4 Å². The second-order valence-corrected chi connectivity index (χ2v) is 7.17. The van der Waals surface area contributed by atoms with Crippen molar-refractivity contribution in [3.05, 3.63) is 53.7 Å². The summed E-state index contributed by atoms with van der Waals surface area (Å²) in [6.07, 6.45) is 0.650. The zero-order valence-electron chi connectivity index (χ0n) is 16.8. The molecule has 0 spiro atoms. The van der Waals surface area contributed by atoms with E-state index in [1.54, 1.807) is 16.7 Å². The van der Waals surface area contributed by atoms with Gasteiger partial charge in [0.05, 0.1) is 18.0 Å². The molecule has 3 aromatic heterocycles. The van der Waals surface area contributed by atoms with Crippen molar-refractivity contribution in [2.24, 2.45) is 0 Å². The van der Waals surface area contributed by atoms with Gasteiger partial charge in [-0.3, -0.25) is 4.79 Å². The molecule has 1 N–H and O–H groups in total. The van der Waals surface area contributed by atoms with Crippen LogP contribution in [-0.4, -0.2) is 40.1 Å². The Labute approximate surface area is 176 Å². The molecule has 0 bridgehead atoms. The molecule has 4 heterocycles. The number of hydrogen-bond donors (Lipinski definition) is 1. The van der Waals surface area contributed by atoms with Crippen molar-refractivity contribution in [1.82, 2.24) is 14.4 Å². The molecule has 0 unspecified atom stereocenters. The van der Waals surface area contributed by atoms with E-state index < -0.39 is 17.8 Å². The number of carbonyl (C=O) groups is 1. The Hall–Kier alpha value is -3.14. The maximum atomic E-state index is 12.9. The molecular weight excluding hydrogens is 413 g/mol. The highest BCUT2D eigenvalue weighted by Gasteiger charge is 2.33. The standard InChI is InChI=1S/C21H21F3N4O3/c1-2-31-17-10-14(25-20(29)15-4-3-5-18(26-15)21(22,23)24)11-28-12-16(27-19(17)28)13-6-8-30-9-7-13/h3-5,10-13H,2,6-9H2,1H3,(H,25,29). The number of nitrogens with one attached hydrogen (secondary N) is 1. The summed E-state index contributed by atoms with van der Waals surface area (Å²) in [6, 6.07) is 4.80. The molecular formula is C21H21F3N4O3. The topological polar surface area (TPSA) is 77.8 Å². The number of hydrogen-bond acceptors (Lipinski definition) is 5. The fourth-order valence-electron chi connectivity index (χ4n) is 3.52. The Bertz CT molecular complexity index is 1090. The third-order valence-electron chi connectivity index (χ3n) is 5.01. The molecule has 0 aliphatic carbocycles. The lowest BCUT2D eigenvalue weighted by Crippen LogP contribution is -2.17. The van der Waals surface area contributed by atoms with Gasteiger partial charge in [0.25, 0.3) is 5.91 Å². The number of alkyl halides is 3. The fraction of sp³-hybridized carbons (Fsp3) is 0.381. The quantitative estimate of drug-likeness (QED) is 0.648. The zero-order chi connectivity index (χ0) is 22.0. The van der Waals surface area contributed by atoms with Crippen molar-refractivity contribution in [2.45, 2.75) is 31.9 Å². The Balaban J connectivity index is 1.63. The number of pyridine rings is 2. The van der Waals surface area contributed by atoms with Crippen LogP contribution in [0.2, 0.25) is 0 Å². The zero-order valence-corrected chi connectivity index (χ0v) is 16.8. The summed E-state index contributed by atoms with van der Waals surface area (Å²) in [4.78, 5) is 20.7. The molecule has 0 radical (unpaired) electrons. The second-order valence-electron chi connectivity index (χ2n) is 7.17. The molecule has 3 aromatic rings. The van der Waals surface area contributed by atoms with Crippen molar-refractivity contribution < 1.29 is 27.4 Å². The highest BCUT2D eigenvalue weighted by molar-refractivity contribution is 6.03. The first kappa shape index (κ1) is 21.1. The molecule has 1 amide bonds. The summed E-state index contributed by atoms with van der Waals surface area (Å²) in [5, 5.41) is 2.60. The smallest absolute Gasteiger partial charge is 0.433 e. The highest BCUT2D eigenvalue weighted by Crippen LogP contribution is 2.31. The first-order valence-corrected chi connectivity index (χ1v) is 9.94. The van der Waals surface area contributed by atoms with Gasteiger partial charge in [-0.25, -0.2) is 9.97 Å². The number of rotatable bonds is 5.